The van der Waals surface area contributed by atoms with Crippen molar-refractivity contribution in [3.8, 4) is 11.5 Å². The minimum absolute atomic E-state index is 0.114. The third kappa shape index (κ3) is 7.13. The highest BCUT2D eigenvalue weighted by molar-refractivity contribution is 6.30. The van der Waals surface area contributed by atoms with Gasteiger partial charge in [0, 0.05) is 72.1 Å². The van der Waals surface area contributed by atoms with Crippen LogP contribution in [0.5, 0.6) is 11.5 Å². The first-order chi connectivity index (χ1) is 21.9. The van der Waals surface area contributed by atoms with Crippen LogP contribution in [-0.4, -0.2) is 43.3 Å². The summed E-state index contributed by atoms with van der Waals surface area (Å²) in [4.78, 5) is 30.8. The Balaban J connectivity index is 1.70. The molecule has 0 spiro atoms. The molecule has 0 radical (unpaired) electrons. The number of carbonyl (C=O) groups is 2. The first-order valence-electron chi connectivity index (χ1n) is 16.4. The Morgan fingerprint density at radius 2 is 1.54 bits per heavy atom. The van der Waals surface area contributed by atoms with E-state index in [9.17, 15) is 9.59 Å². The highest BCUT2D eigenvalue weighted by atomic mass is 35.5. The van der Waals surface area contributed by atoms with E-state index >= 15 is 0 Å². The SMILES string of the molecule is C=CCc1cc(C2C3=C(CC(C)(C)CC3=O)N(CCCOC)C3=C2C(=O)CC(C)(C)C3)cc(OCC)c1OCc1ccc(Cl)cc1. The molecule has 2 aromatic rings. The first kappa shape index (κ1) is 34.0. The summed E-state index contributed by atoms with van der Waals surface area (Å²) in [6, 6.07) is 11.7. The molecular formula is C39H48ClNO5. The van der Waals surface area contributed by atoms with Gasteiger partial charge in [0.15, 0.2) is 23.1 Å². The Labute approximate surface area is 279 Å². The summed E-state index contributed by atoms with van der Waals surface area (Å²) in [5, 5.41) is 0.670. The molecule has 46 heavy (non-hydrogen) atoms. The Morgan fingerprint density at radius 3 is 2.09 bits per heavy atom. The van der Waals surface area contributed by atoms with Crippen LogP contribution in [0.2, 0.25) is 5.02 Å². The molecule has 0 atom stereocenters. The third-order valence-electron chi connectivity index (χ3n) is 9.20. The van der Waals surface area contributed by atoms with Gasteiger partial charge in [-0.25, -0.2) is 0 Å². The van der Waals surface area contributed by atoms with E-state index in [0.29, 0.717) is 62.1 Å². The zero-order valence-electron chi connectivity index (χ0n) is 28.3. The van der Waals surface area contributed by atoms with E-state index in [4.69, 9.17) is 25.8 Å². The lowest BCUT2D eigenvalue weighted by atomic mass is 9.63. The van der Waals surface area contributed by atoms with E-state index in [2.05, 4.69) is 45.2 Å². The topological polar surface area (TPSA) is 65.1 Å². The number of hydrogen-bond donors (Lipinski definition) is 0. The molecule has 1 heterocycles. The number of allylic oxidation sites excluding steroid dienone is 5. The highest BCUT2D eigenvalue weighted by Gasteiger charge is 2.49. The fourth-order valence-electron chi connectivity index (χ4n) is 7.34. The van der Waals surface area contributed by atoms with Crippen LogP contribution in [0.25, 0.3) is 0 Å². The van der Waals surface area contributed by atoms with Crippen molar-refractivity contribution in [3.63, 3.8) is 0 Å². The predicted molar refractivity (Wildman–Crippen MR) is 183 cm³/mol. The quantitative estimate of drug-likeness (QED) is 0.170. The molecule has 2 aliphatic carbocycles. The number of halogens is 1. The molecule has 1 aliphatic heterocycles. The normalized spacial score (nSPS) is 19.2. The molecule has 7 heteroatoms. The minimum atomic E-state index is -0.469. The molecule has 0 unspecified atom stereocenters. The molecule has 0 aromatic heterocycles. The molecule has 0 fully saturated rings. The van der Waals surface area contributed by atoms with Crippen LogP contribution in [0, 0.1) is 10.8 Å². The number of Topliss-reactive ketones (excluding diaryl/α,β-unsaturated/α-hetero) is 2. The molecule has 0 amide bonds. The van der Waals surface area contributed by atoms with Crippen LogP contribution in [0.15, 0.2) is 71.6 Å². The van der Waals surface area contributed by atoms with Gasteiger partial charge in [-0.15, -0.1) is 6.58 Å². The van der Waals surface area contributed by atoms with Crippen LogP contribution < -0.4 is 9.47 Å². The van der Waals surface area contributed by atoms with E-state index in [1.54, 1.807) is 7.11 Å². The van der Waals surface area contributed by atoms with Crippen LogP contribution in [0.4, 0.5) is 0 Å². The summed E-state index contributed by atoms with van der Waals surface area (Å²) in [7, 11) is 1.71. The first-order valence-corrected chi connectivity index (χ1v) is 16.8. The number of rotatable bonds is 12. The molecule has 6 nitrogen and oxygen atoms in total. The Bertz CT molecular complexity index is 1510. The van der Waals surface area contributed by atoms with E-state index in [0.717, 1.165) is 58.5 Å². The average molecular weight is 646 g/mol. The largest absolute Gasteiger partial charge is 0.490 e. The van der Waals surface area contributed by atoms with E-state index < -0.39 is 5.92 Å². The van der Waals surface area contributed by atoms with Crippen LogP contribution >= 0.6 is 11.6 Å². The van der Waals surface area contributed by atoms with Gasteiger partial charge in [-0.3, -0.25) is 9.59 Å². The Kier molecular flexibility index (Phi) is 10.2. The van der Waals surface area contributed by atoms with Gasteiger partial charge in [0.1, 0.15) is 6.61 Å². The standard InChI is InChI=1S/C39H48ClNO5/c1-8-11-26-18-27(19-33(45-9-2)37(26)46-24-25-12-14-28(40)15-13-25)34-35-29(20-38(3,4)22-31(35)42)41(16-10-17-44-7)30-21-39(5,6)23-32(43)36(30)34/h8,12-15,18-19,34H,1,9-11,16-17,20-24H2,2-7H3. The second-order valence-corrected chi connectivity index (χ2v) is 14.8. The summed E-state index contributed by atoms with van der Waals surface area (Å²) in [5.41, 5.74) is 6.02. The van der Waals surface area contributed by atoms with Gasteiger partial charge in [0.25, 0.3) is 0 Å². The molecule has 3 aliphatic rings. The minimum Gasteiger partial charge on any atom is -0.490 e. The average Bonchev–Trinajstić information content (AvgIpc) is 2.97. The summed E-state index contributed by atoms with van der Waals surface area (Å²) in [6.07, 6.45) is 5.61. The number of ketones is 2. The number of hydrogen-bond acceptors (Lipinski definition) is 6. The third-order valence-corrected chi connectivity index (χ3v) is 9.45. The number of ether oxygens (including phenoxy) is 3. The van der Waals surface area contributed by atoms with Gasteiger partial charge >= 0.3 is 0 Å². The number of benzene rings is 2. The Morgan fingerprint density at radius 1 is 0.935 bits per heavy atom. The zero-order valence-corrected chi connectivity index (χ0v) is 29.0. The molecule has 2 aromatic carbocycles. The lowest BCUT2D eigenvalue weighted by Gasteiger charge is -2.49. The van der Waals surface area contributed by atoms with Crippen molar-refractivity contribution >= 4 is 23.2 Å². The lowest BCUT2D eigenvalue weighted by molar-refractivity contribution is -0.119. The predicted octanol–water partition coefficient (Wildman–Crippen LogP) is 8.77. The summed E-state index contributed by atoms with van der Waals surface area (Å²) < 4.78 is 18.1. The van der Waals surface area contributed by atoms with Crippen molar-refractivity contribution in [1.82, 2.24) is 4.90 Å². The van der Waals surface area contributed by atoms with Crippen LogP contribution in [0.3, 0.4) is 0 Å². The van der Waals surface area contributed by atoms with Crippen molar-refractivity contribution in [2.24, 2.45) is 10.8 Å². The molecule has 5 rings (SSSR count). The maximum Gasteiger partial charge on any atom is 0.165 e. The van der Waals surface area contributed by atoms with E-state index in [-0.39, 0.29) is 22.4 Å². The monoisotopic (exact) mass is 645 g/mol. The number of methoxy groups -OCH3 is 1. The number of carbonyl (C=O) groups excluding carboxylic acids is 2. The fraction of sp³-hybridized carbons (Fsp3) is 0.487. The van der Waals surface area contributed by atoms with E-state index in [1.165, 1.54) is 0 Å². The molecule has 0 bridgehead atoms. The van der Waals surface area contributed by atoms with Gasteiger partial charge in [0.05, 0.1) is 6.61 Å². The molecule has 0 N–H and O–H groups in total. The van der Waals surface area contributed by atoms with Crippen molar-refractivity contribution < 1.29 is 23.8 Å². The van der Waals surface area contributed by atoms with Gasteiger partial charge in [-0.1, -0.05) is 63.6 Å². The highest BCUT2D eigenvalue weighted by Crippen LogP contribution is 2.55. The second kappa shape index (κ2) is 13.8. The molecule has 246 valence electrons. The summed E-state index contributed by atoms with van der Waals surface area (Å²) in [5.74, 6) is 1.01. The fourth-order valence-corrected chi connectivity index (χ4v) is 7.46. The van der Waals surface area contributed by atoms with Gasteiger partial charge < -0.3 is 19.1 Å². The van der Waals surface area contributed by atoms with Gasteiger partial charge in [-0.05, 0) is 72.8 Å². The van der Waals surface area contributed by atoms with Crippen LogP contribution in [-0.2, 0) is 27.4 Å². The summed E-state index contributed by atoms with van der Waals surface area (Å²) in [6.45, 7) is 16.7. The maximum atomic E-state index is 14.3. The molecule has 0 saturated carbocycles. The number of nitrogens with zero attached hydrogens (tertiary/aromatic N) is 1. The molecule has 0 saturated heterocycles. The van der Waals surface area contributed by atoms with E-state index in [1.807, 2.05) is 43.3 Å². The van der Waals surface area contributed by atoms with Gasteiger partial charge in [-0.2, -0.15) is 0 Å². The van der Waals surface area contributed by atoms with Crippen LogP contribution in [0.1, 0.15) is 89.3 Å². The van der Waals surface area contributed by atoms with Crippen molar-refractivity contribution in [2.45, 2.75) is 85.7 Å². The van der Waals surface area contributed by atoms with Crippen molar-refractivity contribution in [3.05, 3.63) is 93.3 Å². The molecular weight excluding hydrogens is 598 g/mol. The summed E-state index contributed by atoms with van der Waals surface area (Å²) >= 11 is 6.11. The van der Waals surface area contributed by atoms with Gasteiger partial charge in [0.2, 0.25) is 0 Å². The smallest absolute Gasteiger partial charge is 0.165 e. The maximum absolute atomic E-state index is 14.3. The lowest BCUT2D eigenvalue weighted by Crippen LogP contribution is -2.44. The van der Waals surface area contributed by atoms with Crippen molar-refractivity contribution in [2.75, 3.05) is 26.9 Å². The van der Waals surface area contributed by atoms with Crippen molar-refractivity contribution in [1.29, 1.82) is 0 Å². The Hall–Kier alpha value is -3.35. The zero-order chi connectivity index (χ0) is 33.2. The second-order valence-electron chi connectivity index (χ2n) is 14.4.